The van der Waals surface area contributed by atoms with E-state index in [1.54, 1.807) is 11.7 Å². The predicted octanol–water partition coefficient (Wildman–Crippen LogP) is 2.66. The third-order valence-corrected chi connectivity index (χ3v) is 4.49. The fraction of sp³-hybridized carbons (Fsp3) is 0.188. The second-order valence-corrected chi connectivity index (χ2v) is 6.06. The summed E-state index contributed by atoms with van der Waals surface area (Å²) >= 11 is 1.38. The molecule has 7 heteroatoms. The van der Waals surface area contributed by atoms with E-state index in [0.29, 0.717) is 12.2 Å². The molecule has 0 atom stereocenters. The van der Waals surface area contributed by atoms with Crippen LogP contribution in [0.15, 0.2) is 36.0 Å². The molecule has 3 aromatic rings. The maximum atomic E-state index is 12.1. The summed E-state index contributed by atoms with van der Waals surface area (Å²) in [5, 5.41) is 5.29. The molecule has 1 amide bonds. The van der Waals surface area contributed by atoms with Gasteiger partial charge in [0, 0.05) is 29.0 Å². The number of anilines is 1. The minimum absolute atomic E-state index is 0.233. The van der Waals surface area contributed by atoms with E-state index in [2.05, 4.69) is 15.3 Å². The van der Waals surface area contributed by atoms with Crippen molar-refractivity contribution < 1.29 is 4.79 Å². The number of nitrogens with one attached hydrogen (secondary N) is 1. The summed E-state index contributed by atoms with van der Waals surface area (Å²) in [5.74, 6) is -0.233. The summed E-state index contributed by atoms with van der Waals surface area (Å²) in [7, 11) is 0. The first-order chi connectivity index (χ1) is 11.1. The number of carbonyl (C=O) groups is 1. The van der Waals surface area contributed by atoms with Crippen LogP contribution >= 0.6 is 11.3 Å². The lowest BCUT2D eigenvalue weighted by molar-refractivity contribution is 0.102. The second kappa shape index (κ2) is 6.31. The molecule has 3 N–H and O–H groups in total. The highest BCUT2D eigenvalue weighted by Crippen LogP contribution is 2.18. The zero-order valence-corrected chi connectivity index (χ0v) is 13.7. The standard InChI is InChI=1S/C16H17N5OS/c1-10-11(2)21(9-18-10)13-5-3-12(4-6-13)19-16(22)14-8-23-15(7-17)20-14/h3-6,8-9H,7,17H2,1-2H3,(H,19,22). The fourth-order valence-corrected chi connectivity index (χ4v) is 2.82. The van der Waals surface area contributed by atoms with Gasteiger partial charge >= 0.3 is 0 Å². The van der Waals surface area contributed by atoms with E-state index in [0.717, 1.165) is 27.8 Å². The van der Waals surface area contributed by atoms with Gasteiger partial charge in [0.05, 0.1) is 12.0 Å². The Morgan fingerprint density at radius 3 is 2.61 bits per heavy atom. The molecule has 0 saturated carbocycles. The monoisotopic (exact) mass is 327 g/mol. The van der Waals surface area contributed by atoms with Crippen LogP contribution in [0, 0.1) is 13.8 Å². The van der Waals surface area contributed by atoms with E-state index in [4.69, 9.17) is 5.73 Å². The highest BCUT2D eigenvalue weighted by Gasteiger charge is 2.11. The molecule has 0 unspecified atom stereocenters. The number of nitrogens with two attached hydrogens (primary N) is 1. The van der Waals surface area contributed by atoms with Crippen LogP contribution in [0.25, 0.3) is 5.69 Å². The molecule has 3 rings (SSSR count). The van der Waals surface area contributed by atoms with Gasteiger partial charge < -0.3 is 15.6 Å². The van der Waals surface area contributed by atoms with Gasteiger partial charge in [0.15, 0.2) is 0 Å². The first-order valence-electron chi connectivity index (χ1n) is 7.15. The van der Waals surface area contributed by atoms with Crippen LogP contribution in [-0.2, 0) is 6.54 Å². The topological polar surface area (TPSA) is 85.8 Å². The van der Waals surface area contributed by atoms with Crippen molar-refractivity contribution in [3.63, 3.8) is 0 Å². The normalized spacial score (nSPS) is 10.7. The number of aryl methyl sites for hydroxylation is 1. The van der Waals surface area contributed by atoms with Crippen molar-refractivity contribution in [2.24, 2.45) is 5.73 Å². The van der Waals surface area contributed by atoms with Crippen molar-refractivity contribution in [2.45, 2.75) is 20.4 Å². The van der Waals surface area contributed by atoms with Crippen LogP contribution in [0.3, 0.4) is 0 Å². The van der Waals surface area contributed by atoms with Gasteiger partial charge in [0.1, 0.15) is 10.7 Å². The van der Waals surface area contributed by atoms with Crippen molar-refractivity contribution in [1.82, 2.24) is 14.5 Å². The lowest BCUT2D eigenvalue weighted by Crippen LogP contribution is -2.12. The molecule has 1 aromatic carbocycles. The number of imidazole rings is 1. The Morgan fingerprint density at radius 1 is 1.30 bits per heavy atom. The van der Waals surface area contributed by atoms with E-state index in [1.165, 1.54) is 11.3 Å². The number of hydrogen-bond donors (Lipinski definition) is 2. The molecule has 23 heavy (non-hydrogen) atoms. The van der Waals surface area contributed by atoms with Gasteiger partial charge in [-0.15, -0.1) is 11.3 Å². The minimum Gasteiger partial charge on any atom is -0.325 e. The van der Waals surface area contributed by atoms with E-state index in [-0.39, 0.29) is 5.91 Å². The average molecular weight is 327 g/mol. The third kappa shape index (κ3) is 3.15. The van der Waals surface area contributed by atoms with Gasteiger partial charge in [-0.25, -0.2) is 9.97 Å². The fourth-order valence-electron chi connectivity index (χ4n) is 2.17. The van der Waals surface area contributed by atoms with Gasteiger partial charge in [-0.1, -0.05) is 0 Å². The van der Waals surface area contributed by atoms with Crippen molar-refractivity contribution in [2.75, 3.05) is 5.32 Å². The molecule has 0 saturated heterocycles. The Labute approximate surface area is 138 Å². The number of hydrogen-bond acceptors (Lipinski definition) is 5. The highest BCUT2D eigenvalue weighted by molar-refractivity contribution is 7.09. The Morgan fingerprint density at radius 2 is 2.04 bits per heavy atom. The molecule has 2 aromatic heterocycles. The number of amides is 1. The van der Waals surface area contributed by atoms with Crippen LogP contribution in [-0.4, -0.2) is 20.4 Å². The number of thiazole rings is 1. The van der Waals surface area contributed by atoms with Gasteiger partial charge in [-0.3, -0.25) is 4.79 Å². The van der Waals surface area contributed by atoms with Gasteiger partial charge in [-0.05, 0) is 38.1 Å². The number of benzene rings is 1. The molecule has 0 bridgehead atoms. The van der Waals surface area contributed by atoms with Crippen molar-refractivity contribution in [3.8, 4) is 5.69 Å². The largest absolute Gasteiger partial charge is 0.325 e. The van der Waals surface area contributed by atoms with E-state index >= 15 is 0 Å². The number of carbonyl (C=O) groups excluding carboxylic acids is 1. The molecule has 0 radical (unpaired) electrons. The number of nitrogens with zero attached hydrogens (tertiary/aromatic N) is 3. The molecule has 6 nitrogen and oxygen atoms in total. The predicted molar refractivity (Wildman–Crippen MR) is 91.0 cm³/mol. The van der Waals surface area contributed by atoms with Crippen LogP contribution < -0.4 is 11.1 Å². The van der Waals surface area contributed by atoms with E-state index in [9.17, 15) is 4.79 Å². The van der Waals surface area contributed by atoms with Gasteiger partial charge in [0.25, 0.3) is 5.91 Å². The van der Waals surface area contributed by atoms with Gasteiger partial charge in [-0.2, -0.15) is 0 Å². The zero-order chi connectivity index (χ0) is 16.4. The van der Waals surface area contributed by atoms with Crippen LogP contribution in [0.5, 0.6) is 0 Å². The SMILES string of the molecule is Cc1ncn(-c2ccc(NC(=O)c3csc(CN)n3)cc2)c1C. The first kappa shape index (κ1) is 15.4. The Bertz CT molecular complexity index is 835. The zero-order valence-electron chi connectivity index (χ0n) is 12.9. The molecular weight excluding hydrogens is 310 g/mol. The molecule has 0 spiro atoms. The maximum absolute atomic E-state index is 12.1. The molecule has 2 heterocycles. The first-order valence-corrected chi connectivity index (χ1v) is 8.03. The summed E-state index contributed by atoms with van der Waals surface area (Å²) in [6, 6.07) is 7.60. The number of rotatable bonds is 4. The molecule has 0 aliphatic heterocycles. The Hall–Kier alpha value is -2.51. The smallest absolute Gasteiger partial charge is 0.275 e. The van der Waals surface area contributed by atoms with Crippen LogP contribution in [0.1, 0.15) is 26.9 Å². The lowest BCUT2D eigenvalue weighted by atomic mass is 10.2. The molecule has 0 aliphatic rings. The lowest BCUT2D eigenvalue weighted by Gasteiger charge is -2.08. The molecular formula is C16H17N5OS. The molecule has 118 valence electrons. The summed E-state index contributed by atoms with van der Waals surface area (Å²) in [5.41, 5.74) is 9.72. The Balaban J connectivity index is 1.74. The van der Waals surface area contributed by atoms with Crippen molar-refractivity contribution >= 4 is 22.9 Å². The summed E-state index contributed by atoms with van der Waals surface area (Å²) in [6.07, 6.45) is 1.79. The van der Waals surface area contributed by atoms with E-state index < -0.39 is 0 Å². The van der Waals surface area contributed by atoms with Gasteiger partial charge in [0.2, 0.25) is 0 Å². The Kier molecular flexibility index (Phi) is 4.22. The summed E-state index contributed by atoms with van der Waals surface area (Å²) < 4.78 is 2.01. The van der Waals surface area contributed by atoms with Crippen LogP contribution in [0.2, 0.25) is 0 Å². The summed E-state index contributed by atoms with van der Waals surface area (Å²) in [6.45, 7) is 4.34. The average Bonchev–Trinajstić information content (AvgIpc) is 3.16. The maximum Gasteiger partial charge on any atom is 0.275 e. The number of aromatic nitrogens is 3. The minimum atomic E-state index is -0.233. The third-order valence-electron chi connectivity index (χ3n) is 3.61. The quantitative estimate of drug-likeness (QED) is 0.771. The van der Waals surface area contributed by atoms with Crippen molar-refractivity contribution in [3.05, 3.63) is 58.1 Å². The highest BCUT2D eigenvalue weighted by atomic mass is 32.1. The molecule has 0 fully saturated rings. The van der Waals surface area contributed by atoms with Crippen LogP contribution in [0.4, 0.5) is 5.69 Å². The summed E-state index contributed by atoms with van der Waals surface area (Å²) in [4.78, 5) is 20.6. The van der Waals surface area contributed by atoms with Crippen molar-refractivity contribution in [1.29, 1.82) is 0 Å². The van der Waals surface area contributed by atoms with E-state index in [1.807, 2.05) is 42.7 Å². The molecule has 0 aliphatic carbocycles. The second-order valence-electron chi connectivity index (χ2n) is 5.12.